The molecule has 1 aliphatic heterocycles. The van der Waals surface area contributed by atoms with Gasteiger partial charge in [-0.1, -0.05) is 6.07 Å². The van der Waals surface area contributed by atoms with E-state index in [-0.39, 0.29) is 11.9 Å². The summed E-state index contributed by atoms with van der Waals surface area (Å²) >= 11 is 0. The van der Waals surface area contributed by atoms with Gasteiger partial charge < -0.3 is 10.0 Å². The summed E-state index contributed by atoms with van der Waals surface area (Å²) in [5.74, 6) is -0.306. The fraction of sp³-hybridized carbons (Fsp3) is 0.625. The SMILES string of the molecule is Cc1cc(F)ccc1C(O)CN(C)C1CCN(S(C)(=O)=O)CC1. The van der Waals surface area contributed by atoms with Crippen LogP contribution in [0.2, 0.25) is 0 Å². The second kappa shape index (κ2) is 7.25. The molecule has 7 heteroatoms. The number of hydrogen-bond acceptors (Lipinski definition) is 4. The zero-order chi connectivity index (χ0) is 17.2. The van der Waals surface area contributed by atoms with Crippen molar-refractivity contribution in [2.24, 2.45) is 0 Å². The van der Waals surface area contributed by atoms with Crippen LogP contribution >= 0.6 is 0 Å². The summed E-state index contributed by atoms with van der Waals surface area (Å²) < 4.78 is 37.7. The van der Waals surface area contributed by atoms with Gasteiger partial charge in [-0.2, -0.15) is 0 Å². The Bertz CT molecular complexity index is 643. The number of sulfonamides is 1. The van der Waals surface area contributed by atoms with Crippen LogP contribution in [0.5, 0.6) is 0 Å². The summed E-state index contributed by atoms with van der Waals surface area (Å²) in [6.07, 6.45) is 2.05. The van der Waals surface area contributed by atoms with Gasteiger partial charge in [0, 0.05) is 25.7 Å². The molecule has 23 heavy (non-hydrogen) atoms. The number of halogens is 1. The highest BCUT2D eigenvalue weighted by molar-refractivity contribution is 7.88. The van der Waals surface area contributed by atoms with Gasteiger partial charge in [0.2, 0.25) is 10.0 Å². The molecule has 0 bridgehead atoms. The van der Waals surface area contributed by atoms with Crippen LogP contribution in [0.15, 0.2) is 18.2 Å². The summed E-state index contributed by atoms with van der Waals surface area (Å²) in [5.41, 5.74) is 1.46. The molecule has 0 amide bonds. The first-order valence-electron chi connectivity index (χ1n) is 7.78. The molecule has 0 saturated carbocycles. The van der Waals surface area contributed by atoms with E-state index in [0.717, 1.165) is 24.0 Å². The number of likely N-dealkylation sites (N-methyl/N-ethyl adjacent to an activating group) is 1. The Hall–Kier alpha value is -1.02. The molecule has 1 unspecified atom stereocenters. The van der Waals surface area contributed by atoms with Crippen molar-refractivity contribution >= 4 is 10.0 Å². The summed E-state index contributed by atoms with van der Waals surface area (Å²) in [4.78, 5) is 2.06. The van der Waals surface area contributed by atoms with Crippen LogP contribution in [0, 0.1) is 12.7 Å². The van der Waals surface area contributed by atoms with Crippen molar-refractivity contribution in [1.82, 2.24) is 9.21 Å². The first-order chi connectivity index (χ1) is 10.7. The molecule has 5 nitrogen and oxygen atoms in total. The predicted molar refractivity (Wildman–Crippen MR) is 88.2 cm³/mol. The van der Waals surface area contributed by atoms with Gasteiger partial charge in [-0.3, -0.25) is 0 Å². The topological polar surface area (TPSA) is 60.9 Å². The molecule has 1 N–H and O–H groups in total. The van der Waals surface area contributed by atoms with Crippen LogP contribution in [0.4, 0.5) is 4.39 Å². The first-order valence-corrected chi connectivity index (χ1v) is 9.63. The average molecular weight is 344 g/mol. The highest BCUT2D eigenvalue weighted by Crippen LogP contribution is 2.23. The lowest BCUT2D eigenvalue weighted by Crippen LogP contribution is -2.46. The minimum atomic E-state index is -3.12. The van der Waals surface area contributed by atoms with Crippen LogP contribution in [0.1, 0.15) is 30.1 Å². The largest absolute Gasteiger partial charge is 0.387 e. The van der Waals surface area contributed by atoms with Crippen molar-refractivity contribution in [3.05, 3.63) is 35.1 Å². The second-order valence-electron chi connectivity index (χ2n) is 6.35. The zero-order valence-corrected chi connectivity index (χ0v) is 14.7. The minimum absolute atomic E-state index is 0.239. The molecular weight excluding hydrogens is 319 g/mol. The van der Waals surface area contributed by atoms with Crippen LogP contribution < -0.4 is 0 Å². The third-order valence-corrected chi connectivity index (χ3v) is 5.87. The molecule has 1 aromatic carbocycles. The maximum absolute atomic E-state index is 13.2. The third kappa shape index (κ3) is 4.73. The number of piperidine rings is 1. The predicted octanol–water partition coefficient (Wildman–Crippen LogP) is 1.52. The van der Waals surface area contributed by atoms with Gasteiger partial charge in [-0.25, -0.2) is 17.1 Å². The van der Waals surface area contributed by atoms with Crippen molar-refractivity contribution < 1.29 is 17.9 Å². The molecule has 1 heterocycles. The first kappa shape index (κ1) is 18.3. The smallest absolute Gasteiger partial charge is 0.211 e. The normalized spacial score (nSPS) is 19.2. The highest BCUT2D eigenvalue weighted by atomic mass is 32.2. The fourth-order valence-corrected chi connectivity index (χ4v) is 4.02. The molecular formula is C16H25FN2O3S. The molecule has 1 aliphatic rings. The third-order valence-electron chi connectivity index (χ3n) is 4.57. The van der Waals surface area contributed by atoms with Crippen LogP contribution in [-0.4, -0.2) is 61.7 Å². The molecule has 1 fully saturated rings. The van der Waals surface area contributed by atoms with Gasteiger partial charge in [-0.15, -0.1) is 0 Å². The molecule has 0 spiro atoms. The molecule has 1 atom stereocenters. The molecule has 0 aliphatic carbocycles. The number of hydrogen-bond donors (Lipinski definition) is 1. The maximum Gasteiger partial charge on any atom is 0.211 e. The summed E-state index contributed by atoms with van der Waals surface area (Å²) in [7, 11) is -1.19. The van der Waals surface area contributed by atoms with Crippen molar-refractivity contribution in [2.45, 2.75) is 31.9 Å². The van der Waals surface area contributed by atoms with Gasteiger partial charge in [0.25, 0.3) is 0 Å². The molecule has 130 valence electrons. The molecule has 1 saturated heterocycles. The second-order valence-corrected chi connectivity index (χ2v) is 8.33. The van der Waals surface area contributed by atoms with E-state index in [1.54, 1.807) is 13.0 Å². The van der Waals surface area contributed by atoms with Gasteiger partial charge >= 0.3 is 0 Å². The van der Waals surface area contributed by atoms with E-state index >= 15 is 0 Å². The van der Waals surface area contributed by atoms with E-state index in [4.69, 9.17) is 0 Å². The van der Waals surface area contributed by atoms with Crippen molar-refractivity contribution in [1.29, 1.82) is 0 Å². The number of aryl methyl sites for hydroxylation is 1. The quantitative estimate of drug-likeness (QED) is 0.880. The van der Waals surface area contributed by atoms with Crippen molar-refractivity contribution in [3.63, 3.8) is 0 Å². The highest BCUT2D eigenvalue weighted by Gasteiger charge is 2.28. The number of aliphatic hydroxyl groups excluding tert-OH is 1. The Labute approximate surface area is 137 Å². The zero-order valence-electron chi connectivity index (χ0n) is 13.9. The maximum atomic E-state index is 13.2. The lowest BCUT2D eigenvalue weighted by Gasteiger charge is -2.36. The number of aliphatic hydroxyl groups is 1. The van der Waals surface area contributed by atoms with E-state index in [0.29, 0.717) is 19.6 Å². The summed E-state index contributed by atoms with van der Waals surface area (Å²) in [6, 6.07) is 4.64. The average Bonchev–Trinajstić information content (AvgIpc) is 2.46. The van der Waals surface area contributed by atoms with E-state index in [1.165, 1.54) is 22.7 Å². The van der Waals surface area contributed by atoms with Gasteiger partial charge in [0.1, 0.15) is 5.82 Å². The summed E-state index contributed by atoms with van der Waals surface area (Å²) in [5, 5.41) is 10.4. The monoisotopic (exact) mass is 344 g/mol. The lowest BCUT2D eigenvalue weighted by molar-refractivity contribution is 0.0856. The molecule has 0 radical (unpaired) electrons. The molecule has 1 aromatic rings. The van der Waals surface area contributed by atoms with E-state index < -0.39 is 16.1 Å². The van der Waals surface area contributed by atoms with Gasteiger partial charge in [-0.05, 0) is 50.1 Å². The van der Waals surface area contributed by atoms with Gasteiger partial charge in [0.15, 0.2) is 0 Å². The van der Waals surface area contributed by atoms with Gasteiger partial charge in [0.05, 0.1) is 12.4 Å². The number of benzene rings is 1. The Balaban J connectivity index is 1.93. The Kier molecular flexibility index (Phi) is 5.78. The Morgan fingerprint density at radius 3 is 2.52 bits per heavy atom. The van der Waals surface area contributed by atoms with E-state index in [1.807, 2.05) is 7.05 Å². The van der Waals surface area contributed by atoms with Crippen molar-refractivity contribution in [3.8, 4) is 0 Å². The van der Waals surface area contributed by atoms with Crippen molar-refractivity contribution in [2.75, 3.05) is 32.9 Å². The standard InChI is InChI=1S/C16H25FN2O3S/c1-12-10-13(17)4-5-15(12)16(20)11-18(2)14-6-8-19(9-7-14)23(3,21)22/h4-5,10,14,16,20H,6-9,11H2,1-3H3. The van der Waals surface area contributed by atoms with E-state index in [9.17, 15) is 17.9 Å². The fourth-order valence-electron chi connectivity index (χ4n) is 3.15. The Morgan fingerprint density at radius 2 is 2.00 bits per heavy atom. The molecule has 2 rings (SSSR count). The van der Waals surface area contributed by atoms with Crippen LogP contribution in [-0.2, 0) is 10.0 Å². The number of rotatable bonds is 5. The van der Waals surface area contributed by atoms with Crippen LogP contribution in [0.25, 0.3) is 0 Å². The Morgan fingerprint density at radius 1 is 1.39 bits per heavy atom. The summed E-state index contributed by atoms with van der Waals surface area (Å²) in [6.45, 7) is 3.25. The van der Waals surface area contributed by atoms with E-state index in [2.05, 4.69) is 4.90 Å². The van der Waals surface area contributed by atoms with Crippen LogP contribution in [0.3, 0.4) is 0 Å². The molecule has 0 aromatic heterocycles. The minimum Gasteiger partial charge on any atom is -0.387 e. The lowest BCUT2D eigenvalue weighted by atomic mass is 10.0. The number of nitrogens with zero attached hydrogens (tertiary/aromatic N) is 2.